The zero-order chi connectivity index (χ0) is 17.7. The smallest absolute Gasteiger partial charge is 0.305 e. The Kier molecular flexibility index (Phi) is 6.62. The fraction of sp³-hybridized carbons (Fsp3) is 0.688. The van der Waals surface area contributed by atoms with E-state index in [0.717, 1.165) is 25.9 Å². The Labute approximate surface area is 147 Å². The van der Waals surface area contributed by atoms with Crippen LogP contribution in [0.1, 0.15) is 31.5 Å². The van der Waals surface area contributed by atoms with Crippen LogP contribution in [0.4, 0.5) is 0 Å². The molecule has 1 amide bonds. The Morgan fingerprint density at radius 1 is 1.42 bits per heavy atom. The number of halogens is 1. The van der Waals surface area contributed by atoms with Crippen molar-refractivity contribution in [2.45, 2.75) is 44.7 Å². The number of nitrogens with zero attached hydrogens (tertiary/aromatic N) is 4. The molecule has 2 rings (SSSR count). The minimum Gasteiger partial charge on any atom is -0.481 e. The molecule has 1 atom stereocenters. The van der Waals surface area contributed by atoms with Crippen LogP contribution in [0.3, 0.4) is 0 Å². The fourth-order valence-electron chi connectivity index (χ4n) is 3.01. The maximum absolute atomic E-state index is 12.5. The van der Waals surface area contributed by atoms with E-state index in [4.69, 9.17) is 16.7 Å². The number of hydrogen-bond donors (Lipinski definition) is 1. The number of aromatic nitrogens is 2. The third kappa shape index (κ3) is 4.95. The van der Waals surface area contributed by atoms with Crippen molar-refractivity contribution in [1.29, 1.82) is 0 Å². The number of aliphatic carboxylic acids is 1. The van der Waals surface area contributed by atoms with E-state index in [2.05, 4.69) is 9.88 Å². The number of likely N-dealkylation sites (N-methyl/N-ethyl adjacent to an activating group) is 1. The van der Waals surface area contributed by atoms with Crippen LogP contribution in [0.15, 0.2) is 6.20 Å². The third-order valence-electron chi connectivity index (χ3n) is 4.48. The minimum atomic E-state index is -0.884. The first-order valence-corrected chi connectivity index (χ1v) is 8.62. The van der Waals surface area contributed by atoms with E-state index in [1.165, 1.54) is 6.20 Å². The summed E-state index contributed by atoms with van der Waals surface area (Å²) in [5.41, 5.74) is 0. The number of likely N-dealkylation sites (tertiary alicyclic amines) is 1. The number of carboxylic acid groups (broad SMARTS) is 1. The van der Waals surface area contributed by atoms with Gasteiger partial charge in [0, 0.05) is 38.5 Å². The number of carbonyl (C=O) groups is 2. The molecule has 0 bridgehead atoms. The zero-order valence-corrected chi connectivity index (χ0v) is 15.0. The van der Waals surface area contributed by atoms with Gasteiger partial charge in [-0.15, -0.1) is 0 Å². The third-order valence-corrected chi connectivity index (χ3v) is 4.78. The number of carbonyl (C=O) groups excluding carboxylic acids is 1. The average Bonchev–Trinajstić information content (AvgIpc) is 2.90. The number of carboxylic acids is 1. The van der Waals surface area contributed by atoms with Crippen LogP contribution in [0.25, 0.3) is 0 Å². The number of piperidine rings is 1. The number of hydrogen-bond acceptors (Lipinski definition) is 4. The molecule has 0 saturated carbocycles. The number of aryl methyl sites for hydroxylation is 1. The standard InChI is InChI=1S/C16H25ClN4O3/c1-19(2)12-4-3-8-20(11-12)15(22)6-5-14-18-10-13(17)21(14)9-7-16(23)24/h10,12H,3-9,11H2,1-2H3,(H,23,24). The Morgan fingerprint density at radius 2 is 2.17 bits per heavy atom. The SMILES string of the molecule is CN(C)C1CCCN(C(=O)CCc2ncc(Cl)n2CCC(=O)O)C1. The van der Waals surface area contributed by atoms with E-state index in [-0.39, 0.29) is 18.9 Å². The van der Waals surface area contributed by atoms with Gasteiger partial charge in [-0.1, -0.05) is 11.6 Å². The Bertz CT molecular complexity index is 588. The summed E-state index contributed by atoms with van der Waals surface area (Å²) in [4.78, 5) is 31.5. The first-order valence-electron chi connectivity index (χ1n) is 8.24. The molecule has 1 unspecified atom stereocenters. The van der Waals surface area contributed by atoms with Crippen molar-refractivity contribution in [2.24, 2.45) is 0 Å². The van der Waals surface area contributed by atoms with Crippen LogP contribution in [0.5, 0.6) is 0 Å². The second-order valence-corrected chi connectivity index (χ2v) is 6.78. The lowest BCUT2D eigenvalue weighted by Crippen LogP contribution is -2.47. The lowest BCUT2D eigenvalue weighted by molar-refractivity contribution is -0.137. The molecule has 0 radical (unpaired) electrons. The molecule has 1 aromatic heterocycles. The number of amides is 1. The lowest BCUT2D eigenvalue weighted by atomic mass is 10.0. The van der Waals surface area contributed by atoms with Crippen LogP contribution in [0, 0.1) is 0 Å². The minimum absolute atomic E-state index is 0.0202. The van der Waals surface area contributed by atoms with Gasteiger partial charge in [-0.3, -0.25) is 9.59 Å². The summed E-state index contributed by atoms with van der Waals surface area (Å²) in [5.74, 6) is -0.105. The van der Waals surface area contributed by atoms with Gasteiger partial charge in [0.15, 0.2) is 0 Å². The molecule has 1 N–H and O–H groups in total. The van der Waals surface area contributed by atoms with Crippen molar-refractivity contribution in [2.75, 3.05) is 27.2 Å². The van der Waals surface area contributed by atoms with E-state index in [1.807, 2.05) is 19.0 Å². The monoisotopic (exact) mass is 356 g/mol. The molecule has 7 nitrogen and oxygen atoms in total. The van der Waals surface area contributed by atoms with Crippen molar-refractivity contribution in [3.05, 3.63) is 17.2 Å². The molecular formula is C16H25ClN4O3. The largest absolute Gasteiger partial charge is 0.481 e. The molecule has 1 fully saturated rings. The van der Waals surface area contributed by atoms with Gasteiger partial charge in [0.05, 0.1) is 12.6 Å². The van der Waals surface area contributed by atoms with Gasteiger partial charge in [0.1, 0.15) is 11.0 Å². The van der Waals surface area contributed by atoms with Crippen molar-refractivity contribution < 1.29 is 14.7 Å². The molecule has 0 spiro atoms. The lowest BCUT2D eigenvalue weighted by Gasteiger charge is -2.36. The highest BCUT2D eigenvalue weighted by molar-refractivity contribution is 6.29. The van der Waals surface area contributed by atoms with Crippen LogP contribution in [-0.2, 0) is 22.6 Å². The Hall–Kier alpha value is -1.60. The van der Waals surface area contributed by atoms with Gasteiger partial charge in [-0.05, 0) is 26.9 Å². The van der Waals surface area contributed by atoms with Crippen molar-refractivity contribution in [1.82, 2.24) is 19.4 Å². The summed E-state index contributed by atoms with van der Waals surface area (Å²) < 4.78 is 1.67. The summed E-state index contributed by atoms with van der Waals surface area (Å²) >= 11 is 6.05. The second-order valence-electron chi connectivity index (χ2n) is 6.39. The van der Waals surface area contributed by atoms with Gasteiger partial charge in [0.25, 0.3) is 0 Å². The Morgan fingerprint density at radius 3 is 2.83 bits per heavy atom. The van der Waals surface area contributed by atoms with Crippen molar-refractivity contribution in [3.8, 4) is 0 Å². The van der Waals surface area contributed by atoms with Crippen molar-refractivity contribution >= 4 is 23.5 Å². The first kappa shape index (κ1) is 18.7. The van der Waals surface area contributed by atoms with Gasteiger partial charge in [-0.2, -0.15) is 0 Å². The predicted octanol–water partition coefficient (Wildman–Crippen LogP) is 1.50. The molecule has 1 saturated heterocycles. The Balaban J connectivity index is 1.91. The van der Waals surface area contributed by atoms with Crippen LogP contribution in [-0.4, -0.2) is 69.6 Å². The van der Waals surface area contributed by atoms with Gasteiger partial charge < -0.3 is 19.5 Å². The number of imidazole rings is 1. The average molecular weight is 357 g/mol. The maximum Gasteiger partial charge on any atom is 0.305 e. The quantitative estimate of drug-likeness (QED) is 0.801. The van der Waals surface area contributed by atoms with Crippen LogP contribution < -0.4 is 0 Å². The molecule has 1 aliphatic rings. The van der Waals surface area contributed by atoms with Gasteiger partial charge in [-0.25, -0.2) is 4.98 Å². The van der Waals surface area contributed by atoms with E-state index < -0.39 is 5.97 Å². The molecule has 0 aromatic carbocycles. The summed E-state index contributed by atoms with van der Waals surface area (Å²) in [6.07, 6.45) is 4.45. The first-order chi connectivity index (χ1) is 11.4. The molecule has 134 valence electrons. The van der Waals surface area contributed by atoms with E-state index >= 15 is 0 Å². The van der Waals surface area contributed by atoms with E-state index in [0.29, 0.717) is 29.9 Å². The summed E-state index contributed by atoms with van der Waals surface area (Å²) in [7, 11) is 4.08. The zero-order valence-electron chi connectivity index (χ0n) is 14.2. The number of rotatable bonds is 7. The summed E-state index contributed by atoms with van der Waals surface area (Å²) in [6, 6.07) is 0.412. The molecule has 2 heterocycles. The predicted molar refractivity (Wildman–Crippen MR) is 91.1 cm³/mol. The molecule has 1 aromatic rings. The van der Waals surface area contributed by atoms with Gasteiger partial charge in [0.2, 0.25) is 5.91 Å². The highest BCUT2D eigenvalue weighted by Gasteiger charge is 2.25. The highest BCUT2D eigenvalue weighted by atomic mass is 35.5. The molecule has 8 heteroatoms. The van der Waals surface area contributed by atoms with E-state index in [9.17, 15) is 9.59 Å². The molecule has 24 heavy (non-hydrogen) atoms. The highest BCUT2D eigenvalue weighted by Crippen LogP contribution is 2.17. The molecule has 1 aliphatic heterocycles. The van der Waals surface area contributed by atoms with Gasteiger partial charge >= 0.3 is 5.97 Å². The molecular weight excluding hydrogens is 332 g/mol. The molecule has 0 aliphatic carbocycles. The maximum atomic E-state index is 12.5. The fourth-order valence-corrected chi connectivity index (χ4v) is 3.24. The van der Waals surface area contributed by atoms with E-state index in [1.54, 1.807) is 4.57 Å². The normalized spacial score (nSPS) is 18.2. The summed E-state index contributed by atoms with van der Waals surface area (Å²) in [6.45, 7) is 1.83. The summed E-state index contributed by atoms with van der Waals surface area (Å²) in [5, 5.41) is 9.22. The second kappa shape index (κ2) is 8.48. The van der Waals surface area contributed by atoms with Crippen molar-refractivity contribution in [3.63, 3.8) is 0 Å². The topological polar surface area (TPSA) is 78.7 Å². The van der Waals surface area contributed by atoms with Crippen LogP contribution >= 0.6 is 11.6 Å². The van der Waals surface area contributed by atoms with Crippen LogP contribution in [0.2, 0.25) is 5.15 Å².